The zero-order valence-electron chi connectivity index (χ0n) is 14.0. The van der Waals surface area contributed by atoms with Gasteiger partial charge in [-0.2, -0.15) is 11.3 Å². The molecule has 4 nitrogen and oxygen atoms in total. The van der Waals surface area contributed by atoms with Crippen molar-refractivity contribution >= 4 is 32.6 Å². The molecule has 0 radical (unpaired) electrons. The van der Waals surface area contributed by atoms with Gasteiger partial charge in [0.2, 0.25) is 0 Å². The molecule has 2 aliphatic rings. The molecule has 2 aromatic rings. The predicted molar refractivity (Wildman–Crippen MR) is 103 cm³/mol. The second kappa shape index (κ2) is 5.89. The van der Waals surface area contributed by atoms with Crippen molar-refractivity contribution in [1.29, 1.82) is 0 Å². The molecule has 0 bridgehead atoms. The molecule has 2 aliphatic heterocycles. The maximum atomic E-state index is 11.6. The van der Waals surface area contributed by atoms with E-state index in [2.05, 4.69) is 47.1 Å². The minimum atomic E-state index is -3.17. The molecule has 0 fully saturated rings. The van der Waals surface area contributed by atoms with Crippen LogP contribution in [-0.2, 0) is 9.84 Å². The van der Waals surface area contributed by atoms with Crippen molar-refractivity contribution in [1.82, 2.24) is 4.90 Å². The molecule has 1 atom stereocenters. The minimum Gasteiger partial charge on any atom is -0.363 e. The third-order valence-corrected chi connectivity index (χ3v) is 6.35. The third-order valence-electron chi connectivity index (χ3n) is 4.54. The highest BCUT2D eigenvalue weighted by molar-refractivity contribution is 7.90. The summed E-state index contributed by atoms with van der Waals surface area (Å²) in [5.74, 6) is 0. The van der Waals surface area contributed by atoms with Gasteiger partial charge in [-0.05, 0) is 53.4 Å². The van der Waals surface area contributed by atoms with E-state index in [4.69, 9.17) is 0 Å². The van der Waals surface area contributed by atoms with Crippen molar-refractivity contribution in [3.05, 3.63) is 76.8 Å². The summed E-state index contributed by atoms with van der Waals surface area (Å²) in [5.41, 5.74) is 4.62. The van der Waals surface area contributed by atoms with Gasteiger partial charge in [-0.3, -0.25) is 0 Å². The maximum absolute atomic E-state index is 11.6. The highest BCUT2D eigenvalue weighted by Gasteiger charge is 2.28. The number of benzene rings is 1. The molecule has 1 unspecified atom stereocenters. The van der Waals surface area contributed by atoms with Crippen LogP contribution < -0.4 is 4.90 Å². The molecule has 0 amide bonds. The van der Waals surface area contributed by atoms with E-state index in [1.807, 2.05) is 23.2 Å². The van der Waals surface area contributed by atoms with Gasteiger partial charge < -0.3 is 9.80 Å². The van der Waals surface area contributed by atoms with E-state index in [1.54, 1.807) is 23.5 Å². The fourth-order valence-corrected chi connectivity index (χ4v) is 4.45. The standard InChI is InChI=1S/C19H18N2O2S2/c1-20-18-7-9-21(16-3-5-17(6-4-16)25(2,22)23)12-15(18)11-19(20)14-8-10-24-13-14/h3-13,18H,1-2H3. The number of fused-ring (bicyclic) bond motifs is 1. The van der Waals surface area contributed by atoms with Crippen LogP contribution in [0.4, 0.5) is 5.69 Å². The maximum Gasteiger partial charge on any atom is 0.175 e. The number of anilines is 1. The van der Waals surface area contributed by atoms with Gasteiger partial charge in [0.15, 0.2) is 9.84 Å². The Morgan fingerprint density at radius 1 is 1.12 bits per heavy atom. The van der Waals surface area contributed by atoms with Gasteiger partial charge in [-0.15, -0.1) is 0 Å². The molecule has 0 saturated heterocycles. The van der Waals surface area contributed by atoms with Gasteiger partial charge in [0, 0.05) is 48.0 Å². The van der Waals surface area contributed by atoms with Crippen molar-refractivity contribution < 1.29 is 8.42 Å². The number of likely N-dealkylation sites (N-methyl/N-ethyl adjacent to an activating group) is 1. The first-order valence-electron chi connectivity index (χ1n) is 7.89. The lowest BCUT2D eigenvalue weighted by molar-refractivity contribution is 0.468. The molecule has 128 valence electrons. The molecule has 3 heterocycles. The zero-order chi connectivity index (χ0) is 17.6. The summed E-state index contributed by atoms with van der Waals surface area (Å²) in [6.45, 7) is 0. The van der Waals surface area contributed by atoms with E-state index in [1.165, 1.54) is 23.1 Å². The number of hydrogen-bond donors (Lipinski definition) is 0. The smallest absolute Gasteiger partial charge is 0.175 e. The first kappa shape index (κ1) is 16.2. The molecule has 0 aliphatic carbocycles. The molecular weight excluding hydrogens is 352 g/mol. The molecule has 6 heteroatoms. The Labute approximate surface area is 151 Å². The zero-order valence-corrected chi connectivity index (χ0v) is 15.6. The topological polar surface area (TPSA) is 40.6 Å². The van der Waals surface area contributed by atoms with Crippen molar-refractivity contribution in [2.45, 2.75) is 10.9 Å². The summed E-state index contributed by atoms with van der Waals surface area (Å²) in [4.78, 5) is 4.64. The minimum absolute atomic E-state index is 0.237. The van der Waals surface area contributed by atoms with Crippen LogP contribution in [0.3, 0.4) is 0 Å². The number of nitrogens with zero attached hydrogens (tertiary/aromatic N) is 2. The van der Waals surface area contributed by atoms with Crippen LogP contribution in [0.2, 0.25) is 0 Å². The fourth-order valence-electron chi connectivity index (χ4n) is 3.17. The van der Waals surface area contributed by atoms with E-state index in [0.29, 0.717) is 4.90 Å². The first-order chi connectivity index (χ1) is 11.9. The van der Waals surface area contributed by atoms with E-state index in [-0.39, 0.29) is 6.04 Å². The second-order valence-electron chi connectivity index (χ2n) is 6.24. The summed E-state index contributed by atoms with van der Waals surface area (Å²) >= 11 is 1.70. The Hall–Kier alpha value is -2.31. The Kier molecular flexibility index (Phi) is 3.81. The van der Waals surface area contributed by atoms with Crippen LogP contribution in [0, 0.1) is 0 Å². The van der Waals surface area contributed by atoms with Crippen molar-refractivity contribution in [2.24, 2.45) is 0 Å². The normalized spacial score (nSPS) is 19.7. The van der Waals surface area contributed by atoms with Crippen LogP contribution in [-0.4, -0.2) is 32.7 Å². The van der Waals surface area contributed by atoms with Gasteiger partial charge in [0.25, 0.3) is 0 Å². The highest BCUT2D eigenvalue weighted by Crippen LogP contribution is 2.36. The van der Waals surface area contributed by atoms with E-state index >= 15 is 0 Å². The second-order valence-corrected chi connectivity index (χ2v) is 9.04. The molecule has 1 aromatic heterocycles. The number of hydrogen-bond acceptors (Lipinski definition) is 5. The average Bonchev–Trinajstić information content (AvgIpc) is 3.22. The Balaban J connectivity index is 1.65. The summed E-state index contributed by atoms with van der Waals surface area (Å²) in [5, 5.41) is 4.25. The summed E-state index contributed by atoms with van der Waals surface area (Å²) < 4.78 is 23.2. The van der Waals surface area contributed by atoms with Crippen LogP contribution >= 0.6 is 11.3 Å². The Bertz CT molecular complexity index is 985. The third kappa shape index (κ3) is 2.92. The fraction of sp³-hybridized carbons (Fsp3) is 0.158. The van der Waals surface area contributed by atoms with Crippen molar-refractivity contribution in [3.8, 4) is 0 Å². The summed E-state index contributed by atoms with van der Waals surface area (Å²) in [6, 6.07) is 9.34. The van der Waals surface area contributed by atoms with Crippen molar-refractivity contribution in [2.75, 3.05) is 18.2 Å². The molecule has 0 spiro atoms. The Morgan fingerprint density at radius 3 is 2.52 bits per heavy atom. The molecule has 25 heavy (non-hydrogen) atoms. The lowest BCUT2D eigenvalue weighted by Crippen LogP contribution is -2.28. The largest absolute Gasteiger partial charge is 0.363 e. The van der Waals surface area contributed by atoms with Crippen LogP contribution in [0.15, 0.2) is 76.1 Å². The SMILES string of the molecule is CN1C(c2ccsc2)=CC2=CN(c3ccc(S(C)(=O)=O)cc3)C=CC21. The van der Waals surface area contributed by atoms with E-state index < -0.39 is 9.84 Å². The van der Waals surface area contributed by atoms with Gasteiger partial charge in [-0.25, -0.2) is 8.42 Å². The van der Waals surface area contributed by atoms with Crippen molar-refractivity contribution in [3.63, 3.8) is 0 Å². The molecular formula is C19H18N2O2S2. The molecule has 0 saturated carbocycles. The summed E-state index contributed by atoms with van der Waals surface area (Å²) in [6.07, 6.45) is 9.74. The lowest BCUT2D eigenvalue weighted by Gasteiger charge is -2.28. The first-order valence-corrected chi connectivity index (χ1v) is 10.7. The van der Waals surface area contributed by atoms with Gasteiger partial charge in [0.1, 0.15) is 0 Å². The van der Waals surface area contributed by atoms with Crippen LogP contribution in [0.1, 0.15) is 5.56 Å². The Morgan fingerprint density at radius 2 is 1.88 bits per heavy atom. The number of rotatable bonds is 3. The average molecular weight is 370 g/mol. The van der Waals surface area contributed by atoms with Crippen LogP contribution in [0.5, 0.6) is 0 Å². The quantitative estimate of drug-likeness (QED) is 0.826. The van der Waals surface area contributed by atoms with Gasteiger partial charge >= 0.3 is 0 Å². The molecule has 1 aromatic carbocycles. The highest BCUT2D eigenvalue weighted by atomic mass is 32.2. The molecule has 4 rings (SSSR count). The van der Waals surface area contributed by atoms with Gasteiger partial charge in [0.05, 0.1) is 10.9 Å². The van der Waals surface area contributed by atoms with Gasteiger partial charge in [-0.1, -0.05) is 0 Å². The number of sulfone groups is 1. The predicted octanol–water partition coefficient (Wildman–Crippen LogP) is 3.72. The summed E-state index contributed by atoms with van der Waals surface area (Å²) in [7, 11) is -1.06. The number of thiophene rings is 1. The molecule has 0 N–H and O–H groups in total. The monoisotopic (exact) mass is 370 g/mol. The lowest BCUT2D eigenvalue weighted by atomic mass is 10.1. The van der Waals surface area contributed by atoms with Crippen LogP contribution in [0.25, 0.3) is 5.70 Å². The van der Waals surface area contributed by atoms with E-state index in [9.17, 15) is 8.42 Å². The van der Waals surface area contributed by atoms with E-state index in [0.717, 1.165) is 5.69 Å².